The number of phenolic OH excluding ortho intramolecular Hbond substituents is 1. The first-order valence-corrected chi connectivity index (χ1v) is 7.81. The van der Waals surface area contributed by atoms with Crippen molar-refractivity contribution in [2.75, 3.05) is 0 Å². The zero-order valence-electron chi connectivity index (χ0n) is 13.5. The van der Waals surface area contributed by atoms with Crippen molar-refractivity contribution in [3.05, 3.63) is 65.2 Å². The van der Waals surface area contributed by atoms with Crippen LogP contribution in [0.5, 0.6) is 5.75 Å². The van der Waals surface area contributed by atoms with Gasteiger partial charge in [-0.1, -0.05) is 48.9 Å². The van der Waals surface area contributed by atoms with Gasteiger partial charge in [-0.3, -0.25) is 0 Å². The van der Waals surface area contributed by atoms with Gasteiger partial charge in [0.25, 0.3) is 0 Å². The predicted molar refractivity (Wildman–Crippen MR) is 89.9 cm³/mol. The molecule has 22 heavy (non-hydrogen) atoms. The second-order valence-electron chi connectivity index (χ2n) is 5.86. The fourth-order valence-corrected chi connectivity index (χ4v) is 2.62. The lowest BCUT2D eigenvalue weighted by Crippen LogP contribution is -2.35. The molecular formula is C19H25NO2. The van der Waals surface area contributed by atoms with Crippen LogP contribution in [0.3, 0.4) is 0 Å². The number of rotatable bonds is 6. The maximum atomic E-state index is 10.5. The van der Waals surface area contributed by atoms with Crippen LogP contribution < -0.4 is 5.32 Å². The monoisotopic (exact) mass is 299 g/mol. The fraction of sp³-hybridized carbons (Fsp3) is 0.368. The van der Waals surface area contributed by atoms with Crippen molar-refractivity contribution in [3.63, 3.8) is 0 Å². The molecule has 0 heterocycles. The van der Waals surface area contributed by atoms with E-state index >= 15 is 0 Å². The van der Waals surface area contributed by atoms with Gasteiger partial charge >= 0.3 is 0 Å². The maximum absolute atomic E-state index is 10.5. The summed E-state index contributed by atoms with van der Waals surface area (Å²) < 4.78 is 0. The van der Waals surface area contributed by atoms with Crippen LogP contribution in [0.4, 0.5) is 0 Å². The van der Waals surface area contributed by atoms with Gasteiger partial charge in [0, 0.05) is 12.1 Å². The Labute approximate surface area is 132 Å². The first-order chi connectivity index (χ1) is 10.5. The maximum Gasteiger partial charge on any atom is 0.115 e. The van der Waals surface area contributed by atoms with Crippen molar-refractivity contribution in [2.45, 2.75) is 45.4 Å². The van der Waals surface area contributed by atoms with Gasteiger partial charge in [-0.05, 0) is 43.5 Å². The number of aryl methyl sites for hydroxylation is 1. The quantitative estimate of drug-likeness (QED) is 0.759. The number of aliphatic hydroxyl groups excluding tert-OH is 1. The average Bonchev–Trinajstić information content (AvgIpc) is 2.53. The topological polar surface area (TPSA) is 52.5 Å². The molecule has 2 rings (SSSR count). The Morgan fingerprint density at radius 3 is 2.05 bits per heavy atom. The molecule has 0 aliphatic heterocycles. The fourth-order valence-electron chi connectivity index (χ4n) is 2.62. The lowest BCUT2D eigenvalue weighted by atomic mass is 9.99. The van der Waals surface area contributed by atoms with Crippen molar-refractivity contribution in [1.29, 1.82) is 0 Å². The van der Waals surface area contributed by atoms with E-state index in [9.17, 15) is 10.2 Å². The number of benzene rings is 2. The molecule has 3 N–H and O–H groups in total. The first-order valence-electron chi connectivity index (χ1n) is 7.81. The van der Waals surface area contributed by atoms with E-state index in [1.54, 1.807) is 24.3 Å². The Bertz CT molecular complexity index is 577. The standard InChI is InChI=1S/C19H25NO2/c1-4-18(15-7-5-13(2)6-8-15)20-14(3)19(22)16-9-11-17(21)12-10-16/h5-12,14,18-22H,4H2,1-3H3. The summed E-state index contributed by atoms with van der Waals surface area (Å²) in [4.78, 5) is 0. The molecule has 0 aliphatic carbocycles. The second-order valence-corrected chi connectivity index (χ2v) is 5.86. The largest absolute Gasteiger partial charge is 0.508 e. The van der Waals surface area contributed by atoms with Gasteiger partial charge in [0.2, 0.25) is 0 Å². The molecule has 2 aromatic rings. The van der Waals surface area contributed by atoms with E-state index < -0.39 is 6.10 Å². The average molecular weight is 299 g/mol. The van der Waals surface area contributed by atoms with Gasteiger partial charge in [0.1, 0.15) is 5.75 Å². The van der Waals surface area contributed by atoms with Crippen LogP contribution in [-0.2, 0) is 0 Å². The van der Waals surface area contributed by atoms with Crippen molar-refractivity contribution in [3.8, 4) is 5.75 Å². The number of nitrogens with one attached hydrogen (secondary N) is 1. The highest BCUT2D eigenvalue weighted by molar-refractivity contribution is 5.28. The minimum Gasteiger partial charge on any atom is -0.508 e. The molecule has 0 aliphatic rings. The summed E-state index contributed by atoms with van der Waals surface area (Å²) in [6, 6.07) is 15.3. The smallest absolute Gasteiger partial charge is 0.115 e. The van der Waals surface area contributed by atoms with E-state index in [2.05, 4.69) is 43.4 Å². The molecular weight excluding hydrogens is 274 g/mol. The number of hydrogen-bond donors (Lipinski definition) is 3. The summed E-state index contributed by atoms with van der Waals surface area (Å²) in [5.74, 6) is 0.211. The van der Waals surface area contributed by atoms with E-state index in [-0.39, 0.29) is 17.8 Å². The van der Waals surface area contributed by atoms with Crippen LogP contribution in [0.25, 0.3) is 0 Å². The molecule has 0 spiro atoms. The minimum atomic E-state index is -0.611. The normalized spacial score (nSPS) is 15.3. The Kier molecular flexibility index (Phi) is 5.58. The first kappa shape index (κ1) is 16.5. The molecule has 0 aromatic heterocycles. The van der Waals surface area contributed by atoms with Crippen LogP contribution in [0.15, 0.2) is 48.5 Å². The van der Waals surface area contributed by atoms with Crippen molar-refractivity contribution in [2.24, 2.45) is 0 Å². The van der Waals surface area contributed by atoms with E-state index in [1.165, 1.54) is 11.1 Å². The number of hydrogen-bond acceptors (Lipinski definition) is 3. The van der Waals surface area contributed by atoms with Crippen molar-refractivity contribution in [1.82, 2.24) is 5.32 Å². The van der Waals surface area contributed by atoms with Gasteiger partial charge in [-0.25, -0.2) is 0 Å². The van der Waals surface area contributed by atoms with Crippen LogP contribution in [0.2, 0.25) is 0 Å². The molecule has 3 unspecified atom stereocenters. The van der Waals surface area contributed by atoms with Crippen LogP contribution in [0, 0.1) is 6.92 Å². The summed E-state index contributed by atoms with van der Waals surface area (Å²) in [5, 5.41) is 23.3. The third-order valence-electron chi connectivity index (χ3n) is 4.06. The third-order valence-corrected chi connectivity index (χ3v) is 4.06. The predicted octanol–water partition coefficient (Wildman–Crippen LogP) is 3.86. The lowest BCUT2D eigenvalue weighted by molar-refractivity contribution is 0.129. The van der Waals surface area contributed by atoms with E-state index in [0.717, 1.165) is 12.0 Å². The van der Waals surface area contributed by atoms with Crippen molar-refractivity contribution >= 4 is 0 Å². The Morgan fingerprint density at radius 2 is 1.50 bits per heavy atom. The van der Waals surface area contributed by atoms with Gasteiger partial charge in [-0.15, -0.1) is 0 Å². The molecule has 0 saturated heterocycles. The SMILES string of the molecule is CCC(NC(C)C(O)c1ccc(O)cc1)c1ccc(C)cc1. The Morgan fingerprint density at radius 1 is 0.955 bits per heavy atom. The highest BCUT2D eigenvalue weighted by Gasteiger charge is 2.20. The highest BCUT2D eigenvalue weighted by atomic mass is 16.3. The second kappa shape index (κ2) is 7.43. The molecule has 3 heteroatoms. The third kappa shape index (κ3) is 4.09. The van der Waals surface area contributed by atoms with Gasteiger partial charge in [-0.2, -0.15) is 0 Å². The summed E-state index contributed by atoms with van der Waals surface area (Å²) >= 11 is 0. The zero-order valence-corrected chi connectivity index (χ0v) is 13.5. The van der Waals surface area contributed by atoms with Crippen LogP contribution in [-0.4, -0.2) is 16.3 Å². The summed E-state index contributed by atoms with van der Waals surface area (Å²) in [6.45, 7) is 6.20. The van der Waals surface area contributed by atoms with Gasteiger partial charge in [0.05, 0.1) is 6.10 Å². The van der Waals surface area contributed by atoms with E-state index in [4.69, 9.17) is 0 Å². The molecule has 0 radical (unpaired) electrons. The molecule has 0 bridgehead atoms. The Hall–Kier alpha value is -1.84. The summed E-state index contributed by atoms with van der Waals surface area (Å²) in [6.07, 6.45) is 0.343. The lowest BCUT2D eigenvalue weighted by Gasteiger charge is -2.26. The Balaban J connectivity index is 2.06. The molecule has 118 valence electrons. The summed E-state index contributed by atoms with van der Waals surface area (Å²) in [7, 11) is 0. The van der Waals surface area contributed by atoms with Crippen LogP contribution in [0.1, 0.15) is 49.1 Å². The highest BCUT2D eigenvalue weighted by Crippen LogP contribution is 2.23. The van der Waals surface area contributed by atoms with Gasteiger partial charge in [0.15, 0.2) is 0 Å². The van der Waals surface area contributed by atoms with Gasteiger partial charge < -0.3 is 15.5 Å². The number of aromatic hydroxyl groups is 1. The minimum absolute atomic E-state index is 0.0872. The van der Waals surface area contributed by atoms with E-state index in [1.807, 2.05) is 6.92 Å². The number of phenols is 1. The zero-order chi connectivity index (χ0) is 16.1. The molecule has 3 nitrogen and oxygen atoms in total. The number of aliphatic hydroxyl groups is 1. The van der Waals surface area contributed by atoms with Crippen molar-refractivity contribution < 1.29 is 10.2 Å². The molecule has 2 aromatic carbocycles. The molecule has 0 fully saturated rings. The van der Waals surface area contributed by atoms with Crippen LogP contribution >= 0.6 is 0 Å². The summed E-state index contributed by atoms with van der Waals surface area (Å²) in [5.41, 5.74) is 3.28. The van der Waals surface area contributed by atoms with E-state index in [0.29, 0.717) is 0 Å². The molecule has 0 amide bonds. The molecule has 3 atom stereocenters. The molecule has 0 saturated carbocycles.